The molecule has 1 amide bonds. The van der Waals surface area contributed by atoms with Crippen molar-refractivity contribution >= 4 is 21.8 Å². The van der Waals surface area contributed by atoms with Crippen LogP contribution < -0.4 is 11.1 Å². The first-order valence-corrected chi connectivity index (χ1v) is 6.65. The Morgan fingerprint density at radius 3 is 2.65 bits per heavy atom. The van der Waals surface area contributed by atoms with Gasteiger partial charge in [0.1, 0.15) is 0 Å². The number of nitrogens with one attached hydrogen (secondary N) is 1. The molecule has 0 spiro atoms. The lowest BCUT2D eigenvalue weighted by molar-refractivity contribution is -0.121. The molecule has 4 heteroatoms. The van der Waals surface area contributed by atoms with Crippen molar-refractivity contribution in [3.8, 4) is 0 Å². The first kappa shape index (κ1) is 14.2. The Balaban J connectivity index is 2.30. The molecule has 0 saturated heterocycles. The Morgan fingerprint density at radius 1 is 1.41 bits per heavy atom. The number of carbonyl (C=O) groups is 1. The molecule has 0 radical (unpaired) electrons. The maximum absolute atomic E-state index is 11.3. The smallest absolute Gasteiger partial charge is 0.221 e. The number of halogens is 1. The van der Waals surface area contributed by atoms with Gasteiger partial charge in [-0.2, -0.15) is 0 Å². The van der Waals surface area contributed by atoms with E-state index in [1.807, 2.05) is 19.1 Å². The molecule has 17 heavy (non-hydrogen) atoms. The van der Waals surface area contributed by atoms with Gasteiger partial charge in [0.05, 0.1) is 0 Å². The molecular weight excluding hydrogens is 280 g/mol. The van der Waals surface area contributed by atoms with Crippen molar-refractivity contribution in [3.05, 3.63) is 34.3 Å². The Hall–Kier alpha value is -0.870. The lowest BCUT2D eigenvalue weighted by Crippen LogP contribution is -2.33. The number of hydrogen-bond donors (Lipinski definition) is 2. The fourth-order valence-electron chi connectivity index (χ4n) is 1.58. The Labute approximate surface area is 111 Å². The van der Waals surface area contributed by atoms with E-state index >= 15 is 0 Å². The average molecular weight is 299 g/mol. The van der Waals surface area contributed by atoms with Gasteiger partial charge in [0.2, 0.25) is 5.91 Å². The summed E-state index contributed by atoms with van der Waals surface area (Å²) in [6, 6.07) is 8.45. The van der Waals surface area contributed by atoms with Gasteiger partial charge in [0.25, 0.3) is 0 Å². The molecule has 94 valence electrons. The summed E-state index contributed by atoms with van der Waals surface area (Å²) in [5.41, 5.74) is 6.60. The summed E-state index contributed by atoms with van der Waals surface area (Å²) in [6.07, 6.45) is 2.32. The van der Waals surface area contributed by atoms with Crippen LogP contribution in [0.3, 0.4) is 0 Å². The SMILES string of the molecule is CC(CCc1ccc(Br)cc1)NC(=O)CCN. The molecule has 0 aliphatic heterocycles. The maximum Gasteiger partial charge on any atom is 0.221 e. The summed E-state index contributed by atoms with van der Waals surface area (Å²) >= 11 is 3.41. The molecule has 1 aromatic rings. The Bertz CT molecular complexity index is 351. The minimum absolute atomic E-state index is 0.0378. The van der Waals surface area contributed by atoms with Crippen molar-refractivity contribution in [1.82, 2.24) is 5.32 Å². The number of aryl methyl sites for hydroxylation is 1. The van der Waals surface area contributed by atoms with Gasteiger partial charge in [-0.15, -0.1) is 0 Å². The minimum Gasteiger partial charge on any atom is -0.354 e. The number of benzene rings is 1. The van der Waals surface area contributed by atoms with Crippen molar-refractivity contribution < 1.29 is 4.79 Å². The predicted octanol–water partition coefficient (Wildman–Crippen LogP) is 2.24. The molecule has 3 N–H and O–H groups in total. The molecule has 0 aliphatic carbocycles. The van der Waals surface area contributed by atoms with Gasteiger partial charge in [-0.25, -0.2) is 0 Å². The topological polar surface area (TPSA) is 55.1 Å². The third kappa shape index (κ3) is 5.84. The van der Waals surface area contributed by atoms with Crippen LogP contribution in [0, 0.1) is 0 Å². The average Bonchev–Trinajstić information content (AvgIpc) is 2.28. The highest BCUT2D eigenvalue weighted by Gasteiger charge is 2.06. The zero-order valence-electron chi connectivity index (χ0n) is 10.1. The molecule has 0 heterocycles. The van der Waals surface area contributed by atoms with Crippen molar-refractivity contribution in [2.75, 3.05) is 6.54 Å². The van der Waals surface area contributed by atoms with Crippen LogP contribution in [0.4, 0.5) is 0 Å². The maximum atomic E-state index is 11.3. The van der Waals surface area contributed by atoms with Crippen LogP contribution in [0.5, 0.6) is 0 Å². The van der Waals surface area contributed by atoms with Gasteiger partial charge in [0.15, 0.2) is 0 Å². The van der Waals surface area contributed by atoms with Crippen molar-refractivity contribution in [3.63, 3.8) is 0 Å². The second-order valence-corrected chi connectivity index (χ2v) is 5.09. The van der Waals surface area contributed by atoms with Crippen molar-refractivity contribution in [1.29, 1.82) is 0 Å². The van der Waals surface area contributed by atoms with Crippen LogP contribution >= 0.6 is 15.9 Å². The molecule has 0 aromatic heterocycles. The number of hydrogen-bond acceptors (Lipinski definition) is 2. The van der Waals surface area contributed by atoms with Crippen LogP contribution in [0.25, 0.3) is 0 Å². The van der Waals surface area contributed by atoms with Gasteiger partial charge in [-0.05, 0) is 37.5 Å². The van der Waals surface area contributed by atoms with Gasteiger partial charge in [-0.3, -0.25) is 4.79 Å². The summed E-state index contributed by atoms with van der Waals surface area (Å²) in [6.45, 7) is 2.43. The highest BCUT2D eigenvalue weighted by Crippen LogP contribution is 2.12. The first-order valence-electron chi connectivity index (χ1n) is 5.85. The van der Waals surface area contributed by atoms with Crippen LogP contribution in [0.15, 0.2) is 28.7 Å². The van der Waals surface area contributed by atoms with Crippen LogP contribution in [0.1, 0.15) is 25.3 Å². The molecule has 1 atom stereocenters. The molecule has 1 aromatic carbocycles. The summed E-state index contributed by atoms with van der Waals surface area (Å²) in [7, 11) is 0. The van der Waals surface area contributed by atoms with Gasteiger partial charge < -0.3 is 11.1 Å². The van der Waals surface area contributed by atoms with E-state index < -0.39 is 0 Å². The number of rotatable bonds is 6. The van der Waals surface area contributed by atoms with E-state index in [0.717, 1.165) is 17.3 Å². The highest BCUT2D eigenvalue weighted by atomic mass is 79.9. The summed E-state index contributed by atoms with van der Waals surface area (Å²) in [5, 5.41) is 2.93. The van der Waals surface area contributed by atoms with E-state index in [2.05, 4.69) is 33.4 Å². The molecular formula is C13H19BrN2O. The number of amides is 1. The first-order chi connectivity index (χ1) is 8.11. The van der Waals surface area contributed by atoms with Gasteiger partial charge >= 0.3 is 0 Å². The van der Waals surface area contributed by atoms with E-state index in [4.69, 9.17) is 5.73 Å². The van der Waals surface area contributed by atoms with Crippen LogP contribution in [-0.4, -0.2) is 18.5 Å². The van der Waals surface area contributed by atoms with E-state index in [-0.39, 0.29) is 11.9 Å². The van der Waals surface area contributed by atoms with Crippen molar-refractivity contribution in [2.24, 2.45) is 5.73 Å². The standard InChI is InChI=1S/C13H19BrN2O/c1-10(16-13(17)8-9-15)2-3-11-4-6-12(14)7-5-11/h4-7,10H,2-3,8-9,15H2,1H3,(H,16,17). The monoisotopic (exact) mass is 298 g/mol. The Morgan fingerprint density at radius 2 is 2.06 bits per heavy atom. The minimum atomic E-state index is 0.0378. The number of carbonyl (C=O) groups excluding carboxylic acids is 1. The largest absolute Gasteiger partial charge is 0.354 e. The second kappa shape index (κ2) is 7.45. The summed E-state index contributed by atoms with van der Waals surface area (Å²) in [4.78, 5) is 11.3. The molecule has 1 rings (SSSR count). The Kier molecular flexibility index (Phi) is 6.22. The highest BCUT2D eigenvalue weighted by molar-refractivity contribution is 9.10. The van der Waals surface area contributed by atoms with E-state index in [1.165, 1.54) is 5.56 Å². The van der Waals surface area contributed by atoms with Crippen LogP contribution in [0.2, 0.25) is 0 Å². The third-order valence-electron chi connectivity index (χ3n) is 2.56. The zero-order valence-corrected chi connectivity index (χ0v) is 11.7. The summed E-state index contributed by atoms with van der Waals surface area (Å²) in [5.74, 6) is 0.0378. The zero-order chi connectivity index (χ0) is 12.7. The molecule has 3 nitrogen and oxygen atoms in total. The number of nitrogens with two attached hydrogens (primary N) is 1. The quantitative estimate of drug-likeness (QED) is 0.846. The molecule has 0 aliphatic rings. The third-order valence-corrected chi connectivity index (χ3v) is 3.09. The summed E-state index contributed by atoms with van der Waals surface area (Å²) < 4.78 is 1.09. The molecule has 0 saturated carbocycles. The van der Waals surface area contributed by atoms with Gasteiger partial charge in [-0.1, -0.05) is 28.1 Å². The molecule has 1 unspecified atom stereocenters. The van der Waals surface area contributed by atoms with Gasteiger partial charge in [0, 0.05) is 23.5 Å². The predicted molar refractivity (Wildman–Crippen MR) is 73.7 cm³/mol. The second-order valence-electron chi connectivity index (χ2n) is 4.17. The lowest BCUT2D eigenvalue weighted by Gasteiger charge is -2.13. The normalized spacial score (nSPS) is 12.2. The fourth-order valence-corrected chi connectivity index (χ4v) is 1.85. The van der Waals surface area contributed by atoms with E-state index in [0.29, 0.717) is 13.0 Å². The van der Waals surface area contributed by atoms with Crippen LogP contribution in [-0.2, 0) is 11.2 Å². The molecule has 0 bridgehead atoms. The van der Waals surface area contributed by atoms with E-state index in [9.17, 15) is 4.79 Å². The van der Waals surface area contributed by atoms with Crippen molar-refractivity contribution in [2.45, 2.75) is 32.2 Å². The lowest BCUT2D eigenvalue weighted by atomic mass is 10.1. The fraction of sp³-hybridized carbons (Fsp3) is 0.462. The van der Waals surface area contributed by atoms with E-state index in [1.54, 1.807) is 0 Å². The molecule has 0 fully saturated rings.